The van der Waals surface area contributed by atoms with E-state index in [1.165, 1.54) is 11.8 Å². The van der Waals surface area contributed by atoms with Crippen LogP contribution in [0.4, 0.5) is 5.82 Å². The lowest BCUT2D eigenvalue weighted by molar-refractivity contribution is -0.00531. The Morgan fingerprint density at radius 3 is 2.85 bits per heavy atom. The van der Waals surface area contributed by atoms with Crippen molar-refractivity contribution in [3.8, 4) is 0 Å². The van der Waals surface area contributed by atoms with E-state index in [1.54, 1.807) is 6.33 Å². The van der Waals surface area contributed by atoms with Gasteiger partial charge in [0.15, 0.2) is 16.6 Å². The third kappa shape index (κ3) is 1.95. The van der Waals surface area contributed by atoms with E-state index in [0.29, 0.717) is 22.1 Å². The van der Waals surface area contributed by atoms with Crippen molar-refractivity contribution in [2.75, 3.05) is 25.2 Å². The van der Waals surface area contributed by atoms with E-state index in [-0.39, 0.29) is 31.1 Å². The van der Waals surface area contributed by atoms with Gasteiger partial charge in [-0.25, -0.2) is 15.0 Å². The molecule has 1 fully saturated rings. The van der Waals surface area contributed by atoms with Crippen LogP contribution in [0.5, 0.6) is 0 Å². The number of hydrogen-bond acceptors (Lipinski definition) is 7. The Kier molecular flexibility index (Phi) is 3.53. The van der Waals surface area contributed by atoms with Gasteiger partial charge in [0, 0.05) is 25.2 Å². The molecular formula is C12H17N5O2S. The van der Waals surface area contributed by atoms with Crippen molar-refractivity contribution >= 4 is 28.7 Å². The van der Waals surface area contributed by atoms with Crippen LogP contribution in [0.3, 0.4) is 0 Å². The average molecular weight is 295 g/mol. The molecule has 2 aromatic rings. The van der Waals surface area contributed by atoms with Gasteiger partial charge >= 0.3 is 0 Å². The molecule has 3 unspecified atom stereocenters. The lowest BCUT2D eigenvalue weighted by atomic mass is 9.70. The van der Waals surface area contributed by atoms with E-state index >= 15 is 0 Å². The van der Waals surface area contributed by atoms with Gasteiger partial charge in [-0.2, -0.15) is 0 Å². The van der Waals surface area contributed by atoms with Gasteiger partial charge in [-0.05, 0) is 18.6 Å². The summed E-state index contributed by atoms with van der Waals surface area (Å²) in [5, 5.41) is 19.3. The molecule has 108 valence electrons. The molecule has 1 aliphatic carbocycles. The van der Waals surface area contributed by atoms with Gasteiger partial charge in [-0.1, -0.05) is 11.8 Å². The summed E-state index contributed by atoms with van der Waals surface area (Å²) in [4.78, 5) is 12.9. The summed E-state index contributed by atoms with van der Waals surface area (Å²) in [7, 11) is 0. The van der Waals surface area contributed by atoms with Gasteiger partial charge in [0.25, 0.3) is 0 Å². The van der Waals surface area contributed by atoms with E-state index in [0.717, 1.165) is 6.42 Å². The average Bonchev–Trinajstić information content (AvgIpc) is 2.83. The molecule has 7 nitrogen and oxygen atoms in total. The van der Waals surface area contributed by atoms with E-state index < -0.39 is 0 Å². The fourth-order valence-electron chi connectivity index (χ4n) is 2.83. The molecule has 0 bridgehead atoms. The second-order valence-corrected chi connectivity index (χ2v) is 5.79. The van der Waals surface area contributed by atoms with Crippen molar-refractivity contribution in [2.24, 2.45) is 11.8 Å². The maximum Gasteiger partial charge on any atom is 0.191 e. The number of aromatic nitrogens is 4. The van der Waals surface area contributed by atoms with Gasteiger partial charge in [0.05, 0.1) is 6.33 Å². The molecule has 2 aromatic heterocycles. The molecule has 4 N–H and O–H groups in total. The zero-order valence-electron chi connectivity index (χ0n) is 11.1. The van der Waals surface area contributed by atoms with Crippen LogP contribution >= 0.6 is 11.8 Å². The van der Waals surface area contributed by atoms with E-state index in [9.17, 15) is 10.2 Å². The number of nitrogens with zero attached hydrogens (tertiary/aromatic N) is 4. The van der Waals surface area contributed by atoms with E-state index in [2.05, 4.69) is 15.0 Å². The Balaban J connectivity index is 2.02. The minimum absolute atomic E-state index is 0.0336. The Labute approximate surface area is 120 Å². The number of aliphatic hydroxyl groups excluding tert-OH is 2. The summed E-state index contributed by atoms with van der Waals surface area (Å²) in [6.45, 7) is 0.146. The summed E-state index contributed by atoms with van der Waals surface area (Å²) in [5.41, 5.74) is 7.18. The highest BCUT2D eigenvalue weighted by atomic mass is 32.2. The summed E-state index contributed by atoms with van der Waals surface area (Å²) in [6.07, 6.45) is 4.40. The minimum Gasteiger partial charge on any atom is -0.396 e. The van der Waals surface area contributed by atoms with Crippen LogP contribution in [-0.4, -0.2) is 49.2 Å². The number of hydrogen-bond donors (Lipinski definition) is 3. The SMILES string of the molecule is CSc1nc(N)c2ncn(C3CC(CO)C3CO)c2n1. The van der Waals surface area contributed by atoms with Gasteiger partial charge in [0.2, 0.25) is 0 Å². The molecule has 0 saturated heterocycles. The first kappa shape index (κ1) is 13.6. The van der Waals surface area contributed by atoms with Crippen molar-refractivity contribution in [1.82, 2.24) is 19.5 Å². The first-order valence-electron chi connectivity index (χ1n) is 6.45. The standard InChI is InChI=1S/C12H17N5O2S/c1-20-12-15-10(13)9-11(16-12)17(5-14-9)8-2-6(3-18)7(8)4-19/h5-8,18-19H,2-4H2,1H3,(H2,13,15,16). The van der Waals surface area contributed by atoms with Crippen LogP contribution in [0.25, 0.3) is 11.2 Å². The molecule has 1 aliphatic rings. The predicted octanol–water partition coefficient (Wildman–Crippen LogP) is 0.292. The Morgan fingerprint density at radius 1 is 1.40 bits per heavy atom. The van der Waals surface area contributed by atoms with Crippen molar-refractivity contribution in [1.29, 1.82) is 0 Å². The van der Waals surface area contributed by atoms with Crippen LogP contribution in [0.15, 0.2) is 11.5 Å². The molecule has 0 spiro atoms. The normalized spacial score (nSPS) is 25.9. The van der Waals surface area contributed by atoms with Gasteiger partial charge in [-0.15, -0.1) is 0 Å². The van der Waals surface area contributed by atoms with Gasteiger partial charge < -0.3 is 20.5 Å². The zero-order valence-corrected chi connectivity index (χ0v) is 11.9. The zero-order chi connectivity index (χ0) is 14.3. The maximum absolute atomic E-state index is 9.48. The molecule has 0 aliphatic heterocycles. The number of rotatable bonds is 4. The highest BCUT2D eigenvalue weighted by Crippen LogP contribution is 2.44. The topological polar surface area (TPSA) is 110 Å². The van der Waals surface area contributed by atoms with Crippen molar-refractivity contribution in [3.05, 3.63) is 6.33 Å². The molecule has 3 atom stereocenters. The Bertz CT molecular complexity index is 632. The van der Waals surface area contributed by atoms with Gasteiger partial charge in [-0.3, -0.25) is 0 Å². The predicted molar refractivity (Wildman–Crippen MR) is 76.3 cm³/mol. The molecule has 1 saturated carbocycles. The van der Waals surface area contributed by atoms with Crippen LogP contribution in [0, 0.1) is 11.8 Å². The largest absolute Gasteiger partial charge is 0.396 e. The molecule has 0 aromatic carbocycles. The molecule has 0 amide bonds. The highest BCUT2D eigenvalue weighted by Gasteiger charge is 2.42. The number of nitrogens with two attached hydrogens (primary N) is 1. The highest BCUT2D eigenvalue weighted by molar-refractivity contribution is 7.98. The fourth-order valence-corrected chi connectivity index (χ4v) is 3.20. The monoisotopic (exact) mass is 295 g/mol. The van der Waals surface area contributed by atoms with Crippen LogP contribution in [0.2, 0.25) is 0 Å². The molecule has 20 heavy (non-hydrogen) atoms. The molecule has 8 heteroatoms. The summed E-state index contributed by atoms with van der Waals surface area (Å²) in [5.74, 6) is 0.546. The van der Waals surface area contributed by atoms with Crippen molar-refractivity contribution in [2.45, 2.75) is 17.6 Å². The van der Waals surface area contributed by atoms with E-state index in [4.69, 9.17) is 5.73 Å². The molecule has 0 radical (unpaired) electrons. The number of aliphatic hydroxyl groups is 2. The second kappa shape index (κ2) is 5.19. The van der Waals surface area contributed by atoms with Crippen molar-refractivity contribution < 1.29 is 10.2 Å². The Hall–Kier alpha value is -1.38. The van der Waals surface area contributed by atoms with Crippen LogP contribution < -0.4 is 5.73 Å². The van der Waals surface area contributed by atoms with E-state index in [1.807, 2.05) is 10.8 Å². The number of anilines is 1. The first-order valence-corrected chi connectivity index (χ1v) is 7.67. The maximum atomic E-state index is 9.48. The quantitative estimate of drug-likeness (QED) is 0.549. The third-order valence-electron chi connectivity index (χ3n) is 4.06. The van der Waals surface area contributed by atoms with Crippen LogP contribution in [-0.2, 0) is 0 Å². The molecule has 2 heterocycles. The number of imidazole rings is 1. The first-order chi connectivity index (χ1) is 9.69. The molecule has 3 rings (SSSR count). The minimum atomic E-state index is 0.0336. The number of nitrogen functional groups attached to an aromatic ring is 1. The molecular weight excluding hydrogens is 278 g/mol. The lowest BCUT2D eigenvalue weighted by Gasteiger charge is -2.43. The Morgan fingerprint density at radius 2 is 2.20 bits per heavy atom. The number of thioether (sulfide) groups is 1. The van der Waals surface area contributed by atoms with Crippen molar-refractivity contribution in [3.63, 3.8) is 0 Å². The second-order valence-electron chi connectivity index (χ2n) is 5.01. The third-order valence-corrected chi connectivity index (χ3v) is 4.60. The summed E-state index contributed by atoms with van der Waals surface area (Å²) >= 11 is 1.43. The number of fused-ring (bicyclic) bond motifs is 1. The van der Waals surface area contributed by atoms with Gasteiger partial charge in [0.1, 0.15) is 5.52 Å². The fraction of sp³-hybridized carbons (Fsp3) is 0.583. The lowest BCUT2D eigenvalue weighted by Crippen LogP contribution is -2.42. The summed E-state index contributed by atoms with van der Waals surface area (Å²) < 4.78 is 1.94. The summed E-state index contributed by atoms with van der Waals surface area (Å²) in [6, 6.07) is 0.103. The van der Waals surface area contributed by atoms with Crippen LogP contribution in [0.1, 0.15) is 12.5 Å². The smallest absolute Gasteiger partial charge is 0.191 e.